The minimum atomic E-state index is 0.0197. The maximum atomic E-state index is 12.3. The summed E-state index contributed by atoms with van der Waals surface area (Å²) in [6.45, 7) is 6.90. The fourth-order valence-corrected chi connectivity index (χ4v) is 3.79. The van der Waals surface area contributed by atoms with Gasteiger partial charge >= 0.3 is 0 Å². The van der Waals surface area contributed by atoms with Crippen LogP contribution in [-0.2, 0) is 4.79 Å². The van der Waals surface area contributed by atoms with Crippen LogP contribution in [0.5, 0.6) is 0 Å². The van der Waals surface area contributed by atoms with Crippen molar-refractivity contribution in [3.8, 4) is 6.07 Å². The summed E-state index contributed by atoms with van der Waals surface area (Å²) in [7, 11) is 0. The normalized spacial score (nSPS) is 22.0. The summed E-state index contributed by atoms with van der Waals surface area (Å²) in [5, 5.41) is 11.7. The summed E-state index contributed by atoms with van der Waals surface area (Å²) in [6.07, 6.45) is 1.24. The number of amides is 1. The van der Waals surface area contributed by atoms with Crippen LogP contribution in [0.25, 0.3) is 0 Å². The predicted octanol–water partition coefficient (Wildman–Crippen LogP) is 3.22. The highest BCUT2D eigenvalue weighted by Crippen LogP contribution is 2.27. The molecule has 2 rings (SSSR count). The van der Waals surface area contributed by atoms with Gasteiger partial charge in [0.1, 0.15) is 0 Å². The number of thioether (sulfide) groups is 1. The standard InChI is InChI=1S/C17H23N3OS/c1-13-9-14(2)11-20(10-13)12-17(21)19-15-5-3-4-6-16(15)22-8-7-18/h3-6,13-14H,8-12H2,1-2H3,(H,19,21). The second-order valence-electron chi connectivity index (χ2n) is 6.13. The molecule has 4 nitrogen and oxygen atoms in total. The van der Waals surface area contributed by atoms with E-state index in [4.69, 9.17) is 5.26 Å². The maximum Gasteiger partial charge on any atom is 0.238 e. The smallest absolute Gasteiger partial charge is 0.238 e. The third-order valence-corrected chi connectivity index (χ3v) is 4.71. The monoisotopic (exact) mass is 317 g/mol. The van der Waals surface area contributed by atoms with Crippen LogP contribution in [0.2, 0.25) is 0 Å². The second-order valence-corrected chi connectivity index (χ2v) is 7.15. The third-order valence-electron chi connectivity index (χ3n) is 3.77. The molecule has 118 valence electrons. The van der Waals surface area contributed by atoms with E-state index < -0.39 is 0 Å². The molecule has 2 atom stereocenters. The van der Waals surface area contributed by atoms with Crippen LogP contribution in [0.15, 0.2) is 29.2 Å². The van der Waals surface area contributed by atoms with Crippen LogP contribution >= 0.6 is 11.8 Å². The van der Waals surface area contributed by atoms with Gasteiger partial charge in [-0.15, -0.1) is 11.8 Å². The highest BCUT2D eigenvalue weighted by atomic mass is 32.2. The molecule has 5 heteroatoms. The Morgan fingerprint density at radius 1 is 1.36 bits per heavy atom. The van der Waals surface area contributed by atoms with Crippen molar-refractivity contribution in [2.24, 2.45) is 11.8 Å². The Morgan fingerprint density at radius 2 is 2.05 bits per heavy atom. The fraction of sp³-hybridized carbons (Fsp3) is 0.529. The molecule has 0 bridgehead atoms. The highest BCUT2D eigenvalue weighted by Gasteiger charge is 2.23. The molecule has 1 N–H and O–H groups in total. The van der Waals surface area contributed by atoms with Crippen molar-refractivity contribution in [3.05, 3.63) is 24.3 Å². The first-order valence-electron chi connectivity index (χ1n) is 7.69. The second kappa shape index (κ2) is 8.21. The van der Waals surface area contributed by atoms with Crippen LogP contribution in [0.3, 0.4) is 0 Å². The molecule has 0 radical (unpaired) electrons. The molecule has 1 aliphatic rings. The quantitative estimate of drug-likeness (QED) is 0.847. The number of carbonyl (C=O) groups excluding carboxylic acids is 1. The van der Waals surface area contributed by atoms with Crippen LogP contribution in [0.4, 0.5) is 5.69 Å². The Labute approximate surface area is 136 Å². The first kappa shape index (κ1) is 16.9. The molecule has 2 unspecified atom stereocenters. The fourth-order valence-electron chi connectivity index (χ4n) is 3.12. The summed E-state index contributed by atoms with van der Waals surface area (Å²) in [5.41, 5.74) is 0.797. The first-order chi connectivity index (χ1) is 10.6. The summed E-state index contributed by atoms with van der Waals surface area (Å²) in [6, 6.07) is 9.76. The van der Waals surface area contributed by atoms with Crippen LogP contribution in [-0.4, -0.2) is 36.2 Å². The number of anilines is 1. The van der Waals surface area contributed by atoms with Crippen molar-refractivity contribution in [1.29, 1.82) is 5.26 Å². The van der Waals surface area contributed by atoms with Crippen molar-refractivity contribution in [2.45, 2.75) is 25.2 Å². The van der Waals surface area contributed by atoms with Gasteiger partial charge in [-0.3, -0.25) is 9.69 Å². The Morgan fingerprint density at radius 3 is 2.73 bits per heavy atom. The van der Waals surface area contributed by atoms with E-state index in [0.29, 0.717) is 24.1 Å². The molecule has 0 aliphatic carbocycles. The minimum Gasteiger partial charge on any atom is -0.324 e. The number of likely N-dealkylation sites (tertiary alicyclic amines) is 1. The number of benzene rings is 1. The summed E-state index contributed by atoms with van der Waals surface area (Å²) < 4.78 is 0. The Balaban J connectivity index is 1.93. The Bertz CT molecular complexity index is 545. The van der Waals surface area contributed by atoms with Crippen molar-refractivity contribution < 1.29 is 4.79 Å². The molecule has 1 heterocycles. The maximum absolute atomic E-state index is 12.3. The van der Waals surface area contributed by atoms with E-state index >= 15 is 0 Å². The number of piperidine rings is 1. The number of para-hydroxylation sites is 1. The molecule has 0 spiro atoms. The van der Waals surface area contributed by atoms with E-state index in [-0.39, 0.29) is 5.91 Å². The van der Waals surface area contributed by atoms with Gasteiger partial charge in [-0.05, 0) is 30.4 Å². The topological polar surface area (TPSA) is 56.1 Å². The van der Waals surface area contributed by atoms with Crippen LogP contribution in [0, 0.1) is 23.2 Å². The van der Waals surface area contributed by atoms with Gasteiger partial charge in [-0.25, -0.2) is 0 Å². The van der Waals surface area contributed by atoms with Gasteiger partial charge in [0.05, 0.1) is 24.1 Å². The van der Waals surface area contributed by atoms with E-state index in [0.717, 1.165) is 23.7 Å². The van der Waals surface area contributed by atoms with Gasteiger partial charge in [0, 0.05) is 18.0 Å². The molecular weight excluding hydrogens is 294 g/mol. The highest BCUT2D eigenvalue weighted by molar-refractivity contribution is 7.99. The molecule has 22 heavy (non-hydrogen) atoms. The summed E-state index contributed by atoms with van der Waals surface area (Å²) in [5.74, 6) is 1.70. The van der Waals surface area contributed by atoms with E-state index in [1.807, 2.05) is 24.3 Å². The molecule has 1 aromatic rings. The lowest BCUT2D eigenvalue weighted by Crippen LogP contribution is -2.42. The van der Waals surface area contributed by atoms with E-state index in [1.165, 1.54) is 18.2 Å². The largest absolute Gasteiger partial charge is 0.324 e. The lowest BCUT2D eigenvalue weighted by molar-refractivity contribution is -0.117. The molecule has 1 fully saturated rings. The molecule has 1 saturated heterocycles. The van der Waals surface area contributed by atoms with E-state index in [2.05, 4.69) is 30.1 Å². The SMILES string of the molecule is CC1CC(C)CN(CC(=O)Nc2ccccc2SCC#N)C1. The molecule has 1 aromatic carbocycles. The van der Waals surface area contributed by atoms with Gasteiger partial charge in [0.2, 0.25) is 5.91 Å². The average molecular weight is 317 g/mol. The molecule has 0 saturated carbocycles. The van der Waals surface area contributed by atoms with Crippen molar-refractivity contribution in [2.75, 3.05) is 30.7 Å². The lowest BCUT2D eigenvalue weighted by Gasteiger charge is -2.34. The molecule has 0 aromatic heterocycles. The average Bonchev–Trinajstić information content (AvgIpc) is 2.45. The van der Waals surface area contributed by atoms with Crippen LogP contribution in [0.1, 0.15) is 20.3 Å². The Kier molecular flexibility index (Phi) is 6.29. The number of carbonyl (C=O) groups is 1. The zero-order chi connectivity index (χ0) is 15.9. The number of hydrogen-bond acceptors (Lipinski definition) is 4. The van der Waals surface area contributed by atoms with Gasteiger partial charge in [0.15, 0.2) is 0 Å². The molecular formula is C17H23N3OS. The van der Waals surface area contributed by atoms with Gasteiger partial charge in [0.25, 0.3) is 0 Å². The third kappa shape index (κ3) is 5.04. The summed E-state index contributed by atoms with van der Waals surface area (Å²) >= 11 is 1.45. The number of nitrogens with zero attached hydrogens (tertiary/aromatic N) is 2. The first-order valence-corrected chi connectivity index (χ1v) is 8.68. The lowest BCUT2D eigenvalue weighted by atomic mass is 9.92. The van der Waals surface area contributed by atoms with Gasteiger partial charge in [-0.2, -0.15) is 5.26 Å². The zero-order valence-corrected chi connectivity index (χ0v) is 14.0. The van der Waals surface area contributed by atoms with Gasteiger partial charge < -0.3 is 5.32 Å². The zero-order valence-electron chi connectivity index (χ0n) is 13.2. The van der Waals surface area contributed by atoms with Crippen molar-refractivity contribution in [1.82, 2.24) is 4.90 Å². The number of nitriles is 1. The van der Waals surface area contributed by atoms with Crippen molar-refractivity contribution >= 4 is 23.4 Å². The van der Waals surface area contributed by atoms with Crippen molar-refractivity contribution in [3.63, 3.8) is 0 Å². The van der Waals surface area contributed by atoms with Crippen LogP contribution < -0.4 is 5.32 Å². The number of nitrogens with one attached hydrogen (secondary N) is 1. The summed E-state index contributed by atoms with van der Waals surface area (Å²) in [4.78, 5) is 15.5. The minimum absolute atomic E-state index is 0.0197. The molecule has 1 amide bonds. The van der Waals surface area contributed by atoms with Gasteiger partial charge in [-0.1, -0.05) is 26.0 Å². The molecule has 1 aliphatic heterocycles. The number of hydrogen-bond donors (Lipinski definition) is 1. The van der Waals surface area contributed by atoms with E-state index in [9.17, 15) is 4.79 Å². The number of rotatable bonds is 5. The Hall–Kier alpha value is -1.51. The van der Waals surface area contributed by atoms with E-state index in [1.54, 1.807) is 0 Å². The predicted molar refractivity (Wildman–Crippen MR) is 90.8 cm³/mol.